The molecule has 3 rings (SSSR count). The highest BCUT2D eigenvalue weighted by Crippen LogP contribution is 2.30. The molecule has 3 atom stereocenters. The summed E-state index contributed by atoms with van der Waals surface area (Å²) >= 11 is 0. The molecule has 0 bridgehead atoms. The van der Waals surface area contributed by atoms with Crippen LogP contribution in [0.5, 0.6) is 0 Å². The zero-order valence-electron chi connectivity index (χ0n) is 13.8. The molecular weight excluding hydrogens is 333 g/mol. The van der Waals surface area contributed by atoms with E-state index in [0.29, 0.717) is 6.42 Å². The zero-order chi connectivity index (χ0) is 18.2. The number of hydrogen-bond acceptors (Lipinski definition) is 3. The summed E-state index contributed by atoms with van der Waals surface area (Å²) in [4.78, 5) is 16.0. The second kappa shape index (κ2) is 6.51. The lowest BCUT2D eigenvalue weighted by Gasteiger charge is -2.28. The van der Waals surface area contributed by atoms with Crippen LogP contribution in [0.4, 0.5) is 13.2 Å². The van der Waals surface area contributed by atoms with Crippen LogP contribution in [0, 0.1) is 0 Å². The third-order valence-electron chi connectivity index (χ3n) is 4.36. The standard InChI is InChI=1S/C17H19F3N4O/c1-10(12-3-5-13(6-4-12)17(18,19)20)24-8-15(21-9-24)14-7-16(25)23-11(2)22-14/h3-6,8-11,14,22H,7H2,1-2H3,(H,23,25). The van der Waals surface area contributed by atoms with E-state index < -0.39 is 11.7 Å². The predicted molar refractivity (Wildman–Crippen MR) is 85.6 cm³/mol. The molecule has 1 fully saturated rings. The lowest BCUT2D eigenvalue weighted by molar-refractivity contribution is -0.137. The van der Waals surface area contributed by atoms with Gasteiger partial charge in [-0.05, 0) is 31.5 Å². The molecule has 25 heavy (non-hydrogen) atoms. The molecule has 134 valence electrons. The van der Waals surface area contributed by atoms with E-state index in [1.165, 1.54) is 12.1 Å². The van der Waals surface area contributed by atoms with Gasteiger partial charge in [-0.3, -0.25) is 10.1 Å². The van der Waals surface area contributed by atoms with E-state index in [-0.39, 0.29) is 24.2 Å². The molecule has 5 nitrogen and oxygen atoms in total. The number of carbonyl (C=O) groups excluding carboxylic acids is 1. The number of amides is 1. The average molecular weight is 352 g/mol. The van der Waals surface area contributed by atoms with Crippen molar-refractivity contribution in [2.24, 2.45) is 0 Å². The minimum absolute atomic E-state index is 0.0402. The Labute approximate surface area is 143 Å². The monoisotopic (exact) mass is 352 g/mol. The van der Waals surface area contributed by atoms with Crippen molar-refractivity contribution in [1.29, 1.82) is 0 Å². The van der Waals surface area contributed by atoms with Crippen LogP contribution in [-0.2, 0) is 11.0 Å². The molecular formula is C17H19F3N4O. The summed E-state index contributed by atoms with van der Waals surface area (Å²) in [6.45, 7) is 3.74. The molecule has 2 heterocycles. The summed E-state index contributed by atoms with van der Waals surface area (Å²) in [5.41, 5.74) is 0.821. The second-order valence-electron chi connectivity index (χ2n) is 6.25. The number of rotatable bonds is 3. The van der Waals surface area contributed by atoms with Crippen molar-refractivity contribution in [1.82, 2.24) is 20.2 Å². The number of benzene rings is 1. The first kappa shape index (κ1) is 17.5. The van der Waals surface area contributed by atoms with Crippen LogP contribution in [0.15, 0.2) is 36.8 Å². The first-order valence-electron chi connectivity index (χ1n) is 8.00. The minimum Gasteiger partial charge on any atom is -0.341 e. The highest BCUT2D eigenvalue weighted by atomic mass is 19.4. The van der Waals surface area contributed by atoms with Crippen LogP contribution in [0.3, 0.4) is 0 Å². The number of carbonyl (C=O) groups is 1. The fourth-order valence-electron chi connectivity index (χ4n) is 2.95. The Kier molecular flexibility index (Phi) is 4.55. The Hall–Kier alpha value is -2.35. The molecule has 1 aliphatic rings. The van der Waals surface area contributed by atoms with Crippen LogP contribution >= 0.6 is 0 Å². The van der Waals surface area contributed by atoms with Gasteiger partial charge < -0.3 is 9.88 Å². The Morgan fingerprint density at radius 3 is 2.56 bits per heavy atom. The van der Waals surface area contributed by atoms with Crippen molar-refractivity contribution < 1.29 is 18.0 Å². The van der Waals surface area contributed by atoms with Crippen molar-refractivity contribution in [3.05, 3.63) is 53.6 Å². The molecule has 0 radical (unpaired) electrons. The largest absolute Gasteiger partial charge is 0.416 e. The second-order valence-corrected chi connectivity index (χ2v) is 6.25. The minimum atomic E-state index is -4.34. The van der Waals surface area contributed by atoms with Crippen LogP contribution in [0.1, 0.15) is 49.2 Å². The fourth-order valence-corrected chi connectivity index (χ4v) is 2.95. The van der Waals surface area contributed by atoms with Crippen molar-refractivity contribution in [3.8, 4) is 0 Å². The maximum absolute atomic E-state index is 12.7. The van der Waals surface area contributed by atoms with E-state index in [4.69, 9.17) is 0 Å². The lowest BCUT2D eigenvalue weighted by atomic mass is 10.1. The summed E-state index contributed by atoms with van der Waals surface area (Å²) in [5.74, 6) is -0.0402. The highest BCUT2D eigenvalue weighted by Gasteiger charge is 2.30. The normalized spacial score (nSPS) is 22.5. The topological polar surface area (TPSA) is 59.0 Å². The van der Waals surface area contributed by atoms with E-state index in [1.807, 2.05) is 24.6 Å². The highest BCUT2D eigenvalue weighted by molar-refractivity contribution is 5.77. The van der Waals surface area contributed by atoms with Gasteiger partial charge in [0.15, 0.2) is 0 Å². The lowest BCUT2D eigenvalue weighted by Crippen LogP contribution is -2.51. The number of imidazole rings is 1. The van der Waals surface area contributed by atoms with Crippen molar-refractivity contribution in [3.63, 3.8) is 0 Å². The summed E-state index contributed by atoms with van der Waals surface area (Å²) < 4.78 is 39.8. The SMILES string of the molecule is CC1NC(=O)CC(c2cn(C(C)c3ccc(C(F)(F)F)cc3)cn2)N1. The molecule has 0 saturated carbocycles. The van der Waals surface area contributed by atoms with E-state index in [0.717, 1.165) is 23.4 Å². The molecule has 3 unspecified atom stereocenters. The van der Waals surface area contributed by atoms with Gasteiger partial charge in [-0.15, -0.1) is 0 Å². The van der Waals surface area contributed by atoms with Gasteiger partial charge in [0.05, 0.1) is 35.8 Å². The molecule has 1 aliphatic heterocycles. The summed E-state index contributed by atoms with van der Waals surface area (Å²) in [7, 11) is 0. The quantitative estimate of drug-likeness (QED) is 0.893. The van der Waals surface area contributed by atoms with Crippen LogP contribution in [0.25, 0.3) is 0 Å². The Morgan fingerprint density at radius 2 is 1.96 bits per heavy atom. The number of hydrogen-bond donors (Lipinski definition) is 2. The van der Waals surface area contributed by atoms with Gasteiger partial charge >= 0.3 is 6.18 Å². The maximum Gasteiger partial charge on any atom is 0.416 e. The van der Waals surface area contributed by atoms with E-state index >= 15 is 0 Å². The van der Waals surface area contributed by atoms with Gasteiger partial charge in [0, 0.05) is 12.6 Å². The number of alkyl halides is 3. The van der Waals surface area contributed by atoms with Gasteiger partial charge in [-0.1, -0.05) is 12.1 Å². The Bertz CT molecular complexity index is 754. The van der Waals surface area contributed by atoms with Gasteiger partial charge in [-0.2, -0.15) is 13.2 Å². The number of halogens is 3. The number of nitrogens with one attached hydrogen (secondary N) is 2. The smallest absolute Gasteiger partial charge is 0.341 e. The van der Waals surface area contributed by atoms with Gasteiger partial charge in [-0.25, -0.2) is 4.98 Å². The van der Waals surface area contributed by atoms with Crippen molar-refractivity contribution in [2.45, 2.75) is 44.7 Å². The van der Waals surface area contributed by atoms with Gasteiger partial charge in [0.2, 0.25) is 5.91 Å². The predicted octanol–water partition coefficient (Wildman–Crippen LogP) is 3.01. The van der Waals surface area contributed by atoms with E-state index in [9.17, 15) is 18.0 Å². The molecule has 0 aliphatic carbocycles. The molecule has 8 heteroatoms. The third-order valence-corrected chi connectivity index (χ3v) is 4.36. The van der Waals surface area contributed by atoms with Gasteiger partial charge in [0.1, 0.15) is 0 Å². The van der Waals surface area contributed by atoms with Crippen molar-refractivity contribution >= 4 is 5.91 Å². The number of aromatic nitrogens is 2. The Morgan fingerprint density at radius 1 is 1.28 bits per heavy atom. The molecule has 1 aromatic carbocycles. The first-order chi connectivity index (χ1) is 11.7. The average Bonchev–Trinajstić information content (AvgIpc) is 3.02. The third kappa shape index (κ3) is 3.84. The van der Waals surface area contributed by atoms with Crippen molar-refractivity contribution in [2.75, 3.05) is 0 Å². The number of nitrogens with zero attached hydrogens (tertiary/aromatic N) is 2. The molecule has 0 spiro atoms. The summed E-state index contributed by atoms with van der Waals surface area (Å²) in [5, 5.41) is 6.02. The molecule has 2 N–H and O–H groups in total. The van der Waals surface area contributed by atoms with E-state index in [1.54, 1.807) is 6.33 Å². The Balaban J connectivity index is 1.76. The van der Waals surface area contributed by atoms with Crippen LogP contribution < -0.4 is 10.6 Å². The molecule has 2 aromatic rings. The van der Waals surface area contributed by atoms with E-state index in [2.05, 4.69) is 15.6 Å². The fraction of sp³-hybridized carbons (Fsp3) is 0.412. The zero-order valence-corrected chi connectivity index (χ0v) is 13.8. The van der Waals surface area contributed by atoms with Crippen LogP contribution in [-0.4, -0.2) is 21.6 Å². The van der Waals surface area contributed by atoms with Gasteiger partial charge in [0.25, 0.3) is 0 Å². The molecule has 1 saturated heterocycles. The molecule has 1 amide bonds. The maximum atomic E-state index is 12.7. The van der Waals surface area contributed by atoms with Crippen LogP contribution in [0.2, 0.25) is 0 Å². The first-order valence-corrected chi connectivity index (χ1v) is 8.00. The summed E-state index contributed by atoms with van der Waals surface area (Å²) in [6, 6.07) is 4.77. The molecule has 1 aromatic heterocycles. The summed E-state index contributed by atoms with van der Waals surface area (Å²) in [6.07, 6.45) is -0.713.